The Kier molecular flexibility index (Phi) is 6.69. The van der Waals surface area contributed by atoms with Gasteiger partial charge >= 0.3 is 12.1 Å². The second kappa shape index (κ2) is 9.12. The maximum absolute atomic E-state index is 12.5. The third kappa shape index (κ3) is 4.20. The van der Waals surface area contributed by atoms with Gasteiger partial charge in [-0.2, -0.15) is 0 Å². The number of carbonyl (C=O) groups excluding carboxylic acids is 2. The lowest BCUT2D eigenvalue weighted by atomic mass is 9.46. The summed E-state index contributed by atoms with van der Waals surface area (Å²) < 4.78 is 0. The Balaban J connectivity index is 1.48. The van der Waals surface area contributed by atoms with Crippen LogP contribution in [0, 0.1) is 40.4 Å². The maximum Gasteiger partial charge on any atom is 0.405 e. The molecule has 4 rings (SSSR count). The summed E-state index contributed by atoms with van der Waals surface area (Å²) in [5.41, 5.74) is 2.51. The fraction of sp³-hybridized carbons (Fsp3) is 0.778. The predicted octanol–water partition coefficient (Wildman–Crippen LogP) is 5.35. The smallest absolute Gasteiger partial charge is 0.405 e. The van der Waals surface area contributed by atoms with Gasteiger partial charge in [0.05, 0.1) is 5.71 Å². The molecule has 0 unspecified atom stereocenters. The molecule has 0 radical (unpaired) electrons. The van der Waals surface area contributed by atoms with Crippen molar-refractivity contribution in [2.75, 3.05) is 0 Å². The first-order valence-electron chi connectivity index (χ1n) is 13.0. The molecule has 0 aromatic carbocycles. The molecule has 0 aliphatic heterocycles. The molecule has 7 heteroatoms. The molecule has 7 atom stereocenters. The lowest BCUT2D eigenvalue weighted by Gasteiger charge is -2.58. The molecule has 4 aliphatic rings. The van der Waals surface area contributed by atoms with E-state index < -0.39 is 18.1 Å². The number of carboxylic acid groups (broad SMARTS) is 1. The number of ketones is 1. The Morgan fingerprint density at radius 3 is 2.53 bits per heavy atom. The van der Waals surface area contributed by atoms with E-state index in [-0.39, 0.29) is 22.7 Å². The summed E-state index contributed by atoms with van der Waals surface area (Å²) in [6.45, 7) is 10.3. The number of rotatable bonds is 5. The number of fused-ring (bicyclic) bond motifs is 5. The third-order valence-electron chi connectivity index (χ3n) is 9.95. The Morgan fingerprint density at radius 1 is 1.12 bits per heavy atom. The van der Waals surface area contributed by atoms with Gasteiger partial charge in [0.15, 0.2) is 5.78 Å². The molecule has 2 N–H and O–H groups in total. The van der Waals surface area contributed by atoms with E-state index in [1.54, 1.807) is 13.8 Å². The minimum absolute atomic E-state index is 0.125. The highest BCUT2D eigenvalue weighted by Crippen LogP contribution is 2.66. The number of nitrogens with zero attached hydrogens (tertiary/aromatic N) is 1. The zero-order valence-electron chi connectivity index (χ0n) is 21.2. The zero-order valence-corrected chi connectivity index (χ0v) is 21.2. The van der Waals surface area contributed by atoms with Gasteiger partial charge < -0.3 is 15.3 Å². The van der Waals surface area contributed by atoms with Crippen LogP contribution in [0.3, 0.4) is 0 Å². The number of allylic oxidation sites excluding steroid dienone is 1. The van der Waals surface area contributed by atoms with Gasteiger partial charge in [-0.1, -0.05) is 38.4 Å². The van der Waals surface area contributed by atoms with Crippen LogP contribution in [-0.4, -0.2) is 34.7 Å². The van der Waals surface area contributed by atoms with Gasteiger partial charge in [-0.05, 0) is 92.4 Å². The summed E-state index contributed by atoms with van der Waals surface area (Å²) in [5.74, 6) is 1.59. The number of oxime groups is 1. The van der Waals surface area contributed by atoms with Gasteiger partial charge in [0.2, 0.25) is 0 Å². The third-order valence-corrected chi connectivity index (χ3v) is 9.95. The highest BCUT2D eigenvalue weighted by molar-refractivity contribution is 5.91. The number of hydrogen-bond donors (Lipinski definition) is 2. The van der Waals surface area contributed by atoms with Crippen LogP contribution in [0.15, 0.2) is 16.8 Å². The first kappa shape index (κ1) is 24.9. The molecule has 4 aliphatic carbocycles. The van der Waals surface area contributed by atoms with Crippen LogP contribution in [0.1, 0.15) is 86.0 Å². The molecular weight excluding hydrogens is 432 g/mol. The molecule has 7 nitrogen and oxygen atoms in total. The largest absolute Gasteiger partial charge is 0.465 e. The van der Waals surface area contributed by atoms with Crippen molar-refractivity contribution in [2.24, 2.45) is 45.6 Å². The second-order valence-corrected chi connectivity index (χ2v) is 12.0. The SMILES string of the molecule is CC(=NOC(=O)[C@@H](NC(=O)O)C(C)C)[C@H]1CC[C@H]2[C@@H]3CCC4=CC(=O)CC[C@]4(C)[C@H]3CC[C@]12C. The van der Waals surface area contributed by atoms with Crippen molar-refractivity contribution in [2.45, 2.75) is 92.0 Å². The maximum atomic E-state index is 12.5. The lowest BCUT2D eigenvalue weighted by molar-refractivity contribution is -0.147. The minimum atomic E-state index is -1.25. The fourth-order valence-electron chi connectivity index (χ4n) is 8.11. The van der Waals surface area contributed by atoms with Crippen LogP contribution in [0.25, 0.3) is 0 Å². The van der Waals surface area contributed by atoms with Gasteiger partial charge in [-0.15, -0.1) is 0 Å². The molecule has 3 saturated carbocycles. The summed E-state index contributed by atoms with van der Waals surface area (Å²) in [6.07, 6.45) is 9.07. The van der Waals surface area contributed by atoms with Crippen LogP contribution in [0.4, 0.5) is 4.79 Å². The van der Waals surface area contributed by atoms with Crippen molar-refractivity contribution in [1.82, 2.24) is 5.32 Å². The number of amides is 1. The van der Waals surface area contributed by atoms with E-state index in [1.165, 1.54) is 12.0 Å². The molecule has 0 bridgehead atoms. The van der Waals surface area contributed by atoms with Crippen molar-refractivity contribution in [3.8, 4) is 0 Å². The quantitative estimate of drug-likeness (QED) is 0.319. The van der Waals surface area contributed by atoms with Gasteiger partial charge in [0.25, 0.3) is 0 Å². The Morgan fingerprint density at radius 2 is 1.85 bits per heavy atom. The molecule has 3 fully saturated rings. The van der Waals surface area contributed by atoms with Gasteiger partial charge in [0, 0.05) is 12.3 Å². The summed E-state index contributed by atoms with van der Waals surface area (Å²) >= 11 is 0. The number of hydrogen-bond acceptors (Lipinski definition) is 5. The standard InChI is InChI=1S/C27H40N2O5/c1-15(2)23(28-25(32)33)24(31)34-29-16(3)20-8-9-21-19-7-6-17-14-18(30)10-12-26(17,4)22(19)11-13-27(20,21)5/h14-15,19-23,28H,6-13H2,1-5H3,(H,32,33)/t19-,20+,21-,22-,23-,26-,27+/m0/s1. The van der Waals surface area contributed by atoms with E-state index in [4.69, 9.17) is 9.94 Å². The first-order chi connectivity index (χ1) is 16.0. The molecule has 0 heterocycles. The van der Waals surface area contributed by atoms with E-state index in [2.05, 4.69) is 24.3 Å². The monoisotopic (exact) mass is 472 g/mol. The minimum Gasteiger partial charge on any atom is -0.465 e. The van der Waals surface area contributed by atoms with E-state index in [1.807, 2.05) is 13.0 Å². The number of nitrogens with one attached hydrogen (secondary N) is 1. The predicted molar refractivity (Wildman–Crippen MR) is 129 cm³/mol. The molecule has 0 aromatic heterocycles. The Hall–Kier alpha value is -2.18. The number of carbonyl (C=O) groups is 3. The van der Waals surface area contributed by atoms with Gasteiger partial charge in [-0.25, -0.2) is 9.59 Å². The van der Waals surface area contributed by atoms with Crippen LogP contribution >= 0.6 is 0 Å². The normalized spacial score (nSPS) is 38.4. The van der Waals surface area contributed by atoms with Crippen molar-refractivity contribution in [1.29, 1.82) is 0 Å². The topological polar surface area (TPSA) is 105 Å². The molecule has 0 saturated heterocycles. The van der Waals surface area contributed by atoms with Crippen LogP contribution in [-0.2, 0) is 14.4 Å². The zero-order chi connectivity index (χ0) is 24.8. The average Bonchev–Trinajstić information content (AvgIpc) is 3.13. The van der Waals surface area contributed by atoms with E-state index >= 15 is 0 Å². The molecule has 188 valence electrons. The van der Waals surface area contributed by atoms with Gasteiger partial charge in [0.1, 0.15) is 6.04 Å². The summed E-state index contributed by atoms with van der Waals surface area (Å²) in [5, 5.41) is 15.5. The molecule has 0 spiro atoms. The second-order valence-electron chi connectivity index (χ2n) is 12.0. The average molecular weight is 473 g/mol. The highest BCUT2D eigenvalue weighted by Gasteiger charge is 2.59. The van der Waals surface area contributed by atoms with Crippen LogP contribution < -0.4 is 5.32 Å². The van der Waals surface area contributed by atoms with Crippen LogP contribution in [0.5, 0.6) is 0 Å². The first-order valence-corrected chi connectivity index (χ1v) is 13.0. The Labute approximate surface area is 202 Å². The fourth-order valence-corrected chi connectivity index (χ4v) is 8.11. The van der Waals surface area contributed by atoms with Crippen molar-refractivity contribution >= 4 is 23.6 Å². The Bertz CT molecular complexity index is 924. The van der Waals surface area contributed by atoms with E-state index in [0.29, 0.717) is 30.0 Å². The highest BCUT2D eigenvalue weighted by atomic mass is 16.7. The van der Waals surface area contributed by atoms with Crippen molar-refractivity contribution in [3.05, 3.63) is 11.6 Å². The summed E-state index contributed by atoms with van der Waals surface area (Å²) in [4.78, 5) is 40.8. The van der Waals surface area contributed by atoms with E-state index in [0.717, 1.165) is 44.2 Å². The van der Waals surface area contributed by atoms with E-state index in [9.17, 15) is 14.4 Å². The summed E-state index contributed by atoms with van der Waals surface area (Å²) in [7, 11) is 0. The van der Waals surface area contributed by atoms with Gasteiger partial charge in [-0.3, -0.25) is 4.79 Å². The molecule has 1 amide bonds. The molecule has 0 aromatic rings. The summed E-state index contributed by atoms with van der Waals surface area (Å²) in [6, 6.07) is -0.941. The van der Waals surface area contributed by atoms with Crippen molar-refractivity contribution < 1.29 is 24.3 Å². The van der Waals surface area contributed by atoms with Crippen molar-refractivity contribution in [3.63, 3.8) is 0 Å². The lowest BCUT2D eigenvalue weighted by Crippen LogP contribution is -2.51. The molecule has 34 heavy (non-hydrogen) atoms. The molecular formula is C27H40N2O5. The van der Waals surface area contributed by atoms with Crippen LogP contribution in [0.2, 0.25) is 0 Å².